The van der Waals surface area contributed by atoms with Crippen molar-refractivity contribution >= 4 is 11.7 Å². The van der Waals surface area contributed by atoms with Gasteiger partial charge in [0.15, 0.2) is 5.82 Å². The van der Waals surface area contributed by atoms with E-state index in [9.17, 15) is 9.59 Å². The molecule has 132 valence electrons. The molecule has 1 aromatic rings. The number of rotatable bonds is 5. The van der Waals surface area contributed by atoms with Crippen molar-refractivity contribution in [3.63, 3.8) is 0 Å². The number of aromatic amines is 1. The van der Waals surface area contributed by atoms with E-state index >= 15 is 0 Å². The van der Waals surface area contributed by atoms with Crippen LogP contribution in [0.15, 0.2) is 17.2 Å². The Labute approximate surface area is 140 Å². The van der Waals surface area contributed by atoms with Crippen LogP contribution in [0.25, 0.3) is 0 Å². The normalized spacial score (nSPS) is 21.8. The molecule has 1 N–H and O–H groups in total. The number of hydrogen-bond donors (Lipinski definition) is 1. The fourth-order valence-corrected chi connectivity index (χ4v) is 3.04. The summed E-state index contributed by atoms with van der Waals surface area (Å²) >= 11 is 0. The average Bonchev–Trinajstić information content (AvgIpc) is 2.63. The number of nitrogens with one attached hydrogen (secondary N) is 1. The van der Waals surface area contributed by atoms with E-state index in [0.29, 0.717) is 38.6 Å². The first-order valence-electron chi connectivity index (χ1n) is 8.50. The Morgan fingerprint density at radius 2 is 2.17 bits per heavy atom. The first-order valence-corrected chi connectivity index (χ1v) is 8.50. The summed E-state index contributed by atoms with van der Waals surface area (Å²) in [5, 5.41) is 0. The Balaban J connectivity index is 1.40. The van der Waals surface area contributed by atoms with Crippen molar-refractivity contribution in [3.8, 4) is 0 Å². The molecule has 0 radical (unpaired) electrons. The highest BCUT2D eigenvalue weighted by Gasteiger charge is 2.23. The van der Waals surface area contributed by atoms with E-state index in [1.54, 1.807) is 11.1 Å². The highest BCUT2D eigenvalue weighted by atomic mass is 16.5. The summed E-state index contributed by atoms with van der Waals surface area (Å²) in [4.78, 5) is 34.4. The van der Waals surface area contributed by atoms with Crippen LogP contribution >= 0.6 is 0 Å². The van der Waals surface area contributed by atoms with Gasteiger partial charge in [-0.1, -0.05) is 0 Å². The lowest BCUT2D eigenvalue weighted by Gasteiger charge is -2.35. The number of nitrogens with zero attached hydrogens (tertiary/aromatic N) is 3. The van der Waals surface area contributed by atoms with E-state index in [1.807, 2.05) is 4.90 Å². The molecule has 24 heavy (non-hydrogen) atoms. The zero-order valence-electron chi connectivity index (χ0n) is 13.8. The minimum atomic E-state index is -0.201. The van der Waals surface area contributed by atoms with Gasteiger partial charge in [-0.25, -0.2) is 4.98 Å². The minimum absolute atomic E-state index is 0.0135. The molecule has 8 heteroatoms. The van der Waals surface area contributed by atoms with Gasteiger partial charge >= 0.3 is 0 Å². The Morgan fingerprint density at radius 1 is 1.33 bits per heavy atom. The zero-order chi connectivity index (χ0) is 16.8. The molecule has 0 aliphatic carbocycles. The third-order valence-electron chi connectivity index (χ3n) is 4.42. The van der Waals surface area contributed by atoms with Gasteiger partial charge in [0, 0.05) is 45.2 Å². The molecule has 1 amide bonds. The molecule has 1 unspecified atom stereocenters. The first-order chi connectivity index (χ1) is 11.7. The van der Waals surface area contributed by atoms with E-state index in [4.69, 9.17) is 9.47 Å². The molecule has 8 nitrogen and oxygen atoms in total. The Kier molecular flexibility index (Phi) is 5.81. The minimum Gasteiger partial charge on any atom is -0.376 e. The second-order valence-corrected chi connectivity index (χ2v) is 6.11. The lowest BCUT2D eigenvalue weighted by Crippen LogP contribution is -2.51. The van der Waals surface area contributed by atoms with Crippen molar-refractivity contribution in [2.75, 3.05) is 50.9 Å². The van der Waals surface area contributed by atoms with Crippen LogP contribution in [0.3, 0.4) is 0 Å². The Morgan fingerprint density at radius 3 is 2.88 bits per heavy atom. The van der Waals surface area contributed by atoms with E-state index in [2.05, 4.69) is 9.97 Å². The van der Waals surface area contributed by atoms with E-state index in [-0.39, 0.29) is 24.2 Å². The number of amides is 1. The number of piperazine rings is 1. The smallest absolute Gasteiger partial charge is 0.290 e. The lowest BCUT2D eigenvalue weighted by molar-refractivity contribution is -0.138. The highest BCUT2D eigenvalue weighted by molar-refractivity contribution is 5.77. The summed E-state index contributed by atoms with van der Waals surface area (Å²) in [5.41, 5.74) is -0.201. The summed E-state index contributed by atoms with van der Waals surface area (Å²) in [6.07, 6.45) is 6.48. The number of carbonyl (C=O) groups is 1. The van der Waals surface area contributed by atoms with Gasteiger partial charge in [0.05, 0.1) is 12.7 Å². The van der Waals surface area contributed by atoms with Gasteiger partial charge in [0.2, 0.25) is 5.91 Å². The molecule has 0 bridgehead atoms. The standard InChI is InChI=1S/C16H24N4O4/c21-14(12-23-11-13-3-1-2-10-24-13)19-6-8-20(9-7-19)15-16(22)18-5-4-17-15/h4-5,13H,1-3,6-12H2,(H,18,22). The molecule has 0 saturated carbocycles. The average molecular weight is 336 g/mol. The van der Waals surface area contributed by atoms with Gasteiger partial charge in [-0.15, -0.1) is 0 Å². The number of hydrogen-bond acceptors (Lipinski definition) is 6. The molecule has 2 aliphatic rings. The van der Waals surface area contributed by atoms with Crippen LogP contribution in [0.1, 0.15) is 19.3 Å². The van der Waals surface area contributed by atoms with E-state index < -0.39 is 0 Å². The second-order valence-electron chi connectivity index (χ2n) is 6.11. The molecule has 3 rings (SSSR count). The summed E-state index contributed by atoms with van der Waals surface area (Å²) in [6.45, 7) is 3.68. The second kappa shape index (κ2) is 8.25. The molecule has 1 atom stereocenters. The molecule has 1 aromatic heterocycles. The number of anilines is 1. The number of ether oxygens (including phenoxy) is 2. The van der Waals surface area contributed by atoms with Crippen LogP contribution in [0.4, 0.5) is 5.82 Å². The molecule has 3 heterocycles. The van der Waals surface area contributed by atoms with Crippen molar-refractivity contribution < 1.29 is 14.3 Å². The summed E-state index contributed by atoms with van der Waals surface area (Å²) in [5.74, 6) is 0.399. The number of carbonyl (C=O) groups excluding carboxylic acids is 1. The first kappa shape index (κ1) is 16.9. The third-order valence-corrected chi connectivity index (χ3v) is 4.42. The van der Waals surface area contributed by atoms with Crippen molar-refractivity contribution in [1.82, 2.24) is 14.9 Å². The predicted octanol–water partition coefficient (Wildman–Crippen LogP) is 0.00420. The molecule has 2 aliphatic heterocycles. The van der Waals surface area contributed by atoms with Crippen molar-refractivity contribution in [3.05, 3.63) is 22.7 Å². The summed E-state index contributed by atoms with van der Waals surface area (Å²) in [7, 11) is 0. The Bertz CT molecular complexity index is 592. The summed E-state index contributed by atoms with van der Waals surface area (Å²) < 4.78 is 11.1. The van der Waals surface area contributed by atoms with Crippen molar-refractivity contribution in [2.24, 2.45) is 0 Å². The maximum Gasteiger partial charge on any atom is 0.290 e. The largest absolute Gasteiger partial charge is 0.376 e. The van der Waals surface area contributed by atoms with Crippen LogP contribution < -0.4 is 10.5 Å². The van der Waals surface area contributed by atoms with Gasteiger partial charge < -0.3 is 24.3 Å². The van der Waals surface area contributed by atoms with Gasteiger partial charge in [-0.3, -0.25) is 9.59 Å². The molecular weight excluding hydrogens is 312 g/mol. The maximum absolute atomic E-state index is 12.2. The third kappa shape index (κ3) is 4.33. The topological polar surface area (TPSA) is 87.8 Å². The fraction of sp³-hybridized carbons (Fsp3) is 0.688. The Hall–Kier alpha value is -1.93. The molecular formula is C16H24N4O4. The van der Waals surface area contributed by atoms with Crippen molar-refractivity contribution in [1.29, 1.82) is 0 Å². The fourth-order valence-electron chi connectivity index (χ4n) is 3.04. The summed E-state index contributed by atoms with van der Waals surface area (Å²) in [6, 6.07) is 0. The lowest BCUT2D eigenvalue weighted by atomic mass is 10.1. The SMILES string of the molecule is O=C(COCC1CCCCO1)N1CCN(c2ncc[nH]c2=O)CC1. The monoisotopic (exact) mass is 336 g/mol. The van der Waals surface area contributed by atoms with E-state index in [0.717, 1.165) is 25.9 Å². The molecule has 0 spiro atoms. The maximum atomic E-state index is 12.2. The van der Waals surface area contributed by atoms with Crippen LogP contribution in [-0.2, 0) is 14.3 Å². The quantitative estimate of drug-likeness (QED) is 0.815. The number of aromatic nitrogens is 2. The highest BCUT2D eigenvalue weighted by Crippen LogP contribution is 2.13. The molecule has 2 fully saturated rings. The van der Waals surface area contributed by atoms with Crippen molar-refractivity contribution in [2.45, 2.75) is 25.4 Å². The molecule has 0 aromatic carbocycles. The number of H-pyrrole nitrogens is 1. The van der Waals surface area contributed by atoms with Crippen LogP contribution in [0.2, 0.25) is 0 Å². The van der Waals surface area contributed by atoms with Gasteiger partial charge in [0.25, 0.3) is 5.56 Å². The van der Waals surface area contributed by atoms with Gasteiger partial charge in [0.1, 0.15) is 6.61 Å². The van der Waals surface area contributed by atoms with Gasteiger partial charge in [-0.2, -0.15) is 0 Å². The van der Waals surface area contributed by atoms with Crippen LogP contribution in [0.5, 0.6) is 0 Å². The van der Waals surface area contributed by atoms with Gasteiger partial charge in [-0.05, 0) is 19.3 Å². The zero-order valence-corrected chi connectivity index (χ0v) is 13.8. The van der Waals surface area contributed by atoms with E-state index in [1.165, 1.54) is 6.20 Å². The predicted molar refractivity (Wildman–Crippen MR) is 88.1 cm³/mol. The van der Waals surface area contributed by atoms with Crippen LogP contribution in [0, 0.1) is 0 Å². The van der Waals surface area contributed by atoms with Crippen LogP contribution in [-0.4, -0.2) is 72.9 Å². The molecule has 2 saturated heterocycles.